The van der Waals surface area contributed by atoms with E-state index < -0.39 is 0 Å². The minimum absolute atomic E-state index is 0.0948. The highest BCUT2D eigenvalue weighted by atomic mass is 32.1. The number of halogens is 1. The highest BCUT2D eigenvalue weighted by Gasteiger charge is 2.27. The minimum atomic E-state index is -0.305. The van der Waals surface area contributed by atoms with Crippen LogP contribution in [0.15, 0.2) is 24.3 Å². The normalized spacial score (nSPS) is 19.9. The van der Waals surface area contributed by atoms with Crippen molar-refractivity contribution in [2.75, 3.05) is 32.7 Å². The summed E-state index contributed by atoms with van der Waals surface area (Å²) in [5, 5.41) is 7.61. The molecule has 1 aliphatic heterocycles. The zero-order valence-electron chi connectivity index (χ0n) is 17.6. The molecule has 29 heavy (non-hydrogen) atoms. The number of rotatable bonds is 5. The van der Waals surface area contributed by atoms with E-state index in [9.17, 15) is 9.18 Å². The van der Waals surface area contributed by atoms with Gasteiger partial charge in [0.2, 0.25) is 4.77 Å². The summed E-state index contributed by atoms with van der Waals surface area (Å²) in [6, 6.07) is 6.61. The fourth-order valence-corrected chi connectivity index (χ4v) is 3.85. The van der Waals surface area contributed by atoms with Gasteiger partial charge in [0.05, 0.1) is 5.56 Å². The lowest BCUT2D eigenvalue weighted by atomic mass is 10.1. The molecule has 0 radical (unpaired) electrons. The third-order valence-electron chi connectivity index (χ3n) is 5.12. The van der Waals surface area contributed by atoms with Crippen LogP contribution in [0.4, 0.5) is 4.39 Å². The molecule has 1 aromatic heterocycles. The summed E-state index contributed by atoms with van der Waals surface area (Å²) < 4.78 is 18.3. The van der Waals surface area contributed by atoms with E-state index in [2.05, 4.69) is 10.4 Å². The Labute approximate surface area is 176 Å². The Morgan fingerprint density at radius 2 is 1.83 bits per heavy atom. The molecule has 0 spiro atoms. The summed E-state index contributed by atoms with van der Waals surface area (Å²) >= 11 is 5.53. The molecular weight excluding hydrogens is 391 g/mol. The molecule has 3 N–H and O–H groups in total. The fourth-order valence-electron chi connectivity index (χ4n) is 3.66. The largest absolute Gasteiger partial charge is 0.347 e. The molecule has 1 aliphatic rings. The van der Waals surface area contributed by atoms with Gasteiger partial charge in [-0.05, 0) is 45.1 Å². The summed E-state index contributed by atoms with van der Waals surface area (Å²) in [5.41, 5.74) is 0.253. The van der Waals surface area contributed by atoms with Crippen molar-refractivity contribution in [3.63, 3.8) is 0 Å². The maximum atomic E-state index is 14.2. The molecule has 9 heteroatoms. The Bertz CT molecular complexity index is 924. The summed E-state index contributed by atoms with van der Waals surface area (Å²) in [5.74, 6) is 0.328. The van der Waals surface area contributed by atoms with E-state index >= 15 is 0 Å². The molecule has 0 saturated carbocycles. The average molecular weight is 423 g/mol. The summed E-state index contributed by atoms with van der Waals surface area (Å²) in [4.78, 5) is 14.8. The van der Waals surface area contributed by atoms with Gasteiger partial charge in [0.15, 0.2) is 19.0 Å². The second-order valence-electron chi connectivity index (χ2n) is 8.78. The molecule has 2 heterocycles. The zero-order chi connectivity index (χ0) is 21.2. The lowest BCUT2D eigenvalue weighted by molar-refractivity contribution is -1.02. The van der Waals surface area contributed by atoms with Crippen molar-refractivity contribution in [1.82, 2.24) is 19.7 Å². The monoisotopic (exact) mass is 422 g/mol. The van der Waals surface area contributed by atoms with E-state index in [1.54, 1.807) is 27.4 Å². The van der Waals surface area contributed by atoms with Gasteiger partial charge in [-0.15, -0.1) is 5.10 Å². The Morgan fingerprint density at radius 3 is 2.45 bits per heavy atom. The first-order valence-corrected chi connectivity index (χ1v) is 10.4. The SMILES string of the molecule is Cn1c(-c2ccccc2F)nn(C[NH+]2CC[NH+](CC(=O)NC(C)(C)C)CC2)c1=S. The fraction of sp³-hybridized carbons (Fsp3) is 0.550. The van der Waals surface area contributed by atoms with Crippen LogP contribution < -0.4 is 15.1 Å². The first kappa shape index (κ1) is 21.6. The number of benzene rings is 1. The molecule has 1 amide bonds. The Hall–Kier alpha value is -2.10. The lowest BCUT2D eigenvalue weighted by Gasteiger charge is -2.30. The second kappa shape index (κ2) is 8.73. The predicted octanol–water partition coefficient (Wildman–Crippen LogP) is -0.587. The van der Waals surface area contributed by atoms with E-state index in [1.165, 1.54) is 15.9 Å². The quantitative estimate of drug-likeness (QED) is 0.565. The van der Waals surface area contributed by atoms with Gasteiger partial charge in [0.25, 0.3) is 5.91 Å². The van der Waals surface area contributed by atoms with Crippen LogP contribution in [0, 0.1) is 10.6 Å². The first-order valence-electron chi connectivity index (χ1n) is 10.0. The maximum absolute atomic E-state index is 14.2. The number of nitrogens with zero attached hydrogens (tertiary/aromatic N) is 3. The molecule has 0 atom stereocenters. The van der Waals surface area contributed by atoms with Crippen LogP contribution in [-0.2, 0) is 18.5 Å². The molecule has 1 fully saturated rings. The van der Waals surface area contributed by atoms with Gasteiger partial charge < -0.3 is 19.7 Å². The van der Waals surface area contributed by atoms with Crippen molar-refractivity contribution < 1.29 is 19.0 Å². The zero-order valence-corrected chi connectivity index (χ0v) is 18.4. The van der Waals surface area contributed by atoms with Crippen LogP contribution in [0.2, 0.25) is 0 Å². The Balaban J connectivity index is 1.60. The smallest absolute Gasteiger partial charge is 0.275 e. The minimum Gasteiger partial charge on any atom is -0.347 e. The standard InChI is InChI=1S/C20H29FN6OS/c1-20(2,3)22-17(28)13-25-9-11-26(12-10-25)14-27-19(29)24(4)18(23-27)15-7-5-6-8-16(15)21/h5-8H,9-14H2,1-4H3,(H,22,28)/p+2. The number of carbonyl (C=O) groups excluding carboxylic acids is 1. The van der Waals surface area contributed by atoms with Gasteiger partial charge in [0, 0.05) is 12.6 Å². The molecule has 0 bridgehead atoms. The van der Waals surface area contributed by atoms with E-state index in [0.717, 1.165) is 26.2 Å². The van der Waals surface area contributed by atoms with Crippen molar-refractivity contribution >= 4 is 18.1 Å². The van der Waals surface area contributed by atoms with Gasteiger partial charge in [-0.25, -0.2) is 4.39 Å². The molecule has 158 valence electrons. The van der Waals surface area contributed by atoms with E-state index in [0.29, 0.717) is 29.4 Å². The Kier molecular flexibility index (Phi) is 6.50. The number of hydrogen-bond acceptors (Lipinski definition) is 3. The van der Waals surface area contributed by atoms with E-state index in [1.807, 2.05) is 27.8 Å². The van der Waals surface area contributed by atoms with E-state index in [4.69, 9.17) is 12.2 Å². The number of hydrogen-bond donors (Lipinski definition) is 3. The number of aromatic nitrogens is 3. The highest BCUT2D eigenvalue weighted by molar-refractivity contribution is 7.71. The molecule has 2 aromatic rings. The number of piperazine rings is 1. The summed E-state index contributed by atoms with van der Waals surface area (Å²) in [6.45, 7) is 10.8. The van der Waals surface area contributed by atoms with Gasteiger partial charge in [0.1, 0.15) is 32.0 Å². The van der Waals surface area contributed by atoms with Crippen molar-refractivity contribution in [2.24, 2.45) is 7.05 Å². The lowest BCUT2D eigenvalue weighted by Crippen LogP contribution is -3.28. The number of amides is 1. The van der Waals surface area contributed by atoms with Crippen LogP contribution in [0.25, 0.3) is 11.4 Å². The van der Waals surface area contributed by atoms with Gasteiger partial charge in [-0.3, -0.25) is 4.79 Å². The molecule has 0 unspecified atom stereocenters. The van der Waals surface area contributed by atoms with Crippen molar-refractivity contribution in [3.05, 3.63) is 34.9 Å². The molecule has 3 rings (SSSR count). The van der Waals surface area contributed by atoms with Crippen LogP contribution in [-0.4, -0.2) is 58.5 Å². The van der Waals surface area contributed by atoms with Gasteiger partial charge >= 0.3 is 0 Å². The summed E-state index contributed by atoms with van der Waals surface area (Å²) in [7, 11) is 1.82. The van der Waals surface area contributed by atoms with Crippen molar-refractivity contribution in [1.29, 1.82) is 0 Å². The molecule has 0 aliphatic carbocycles. The third-order valence-corrected chi connectivity index (χ3v) is 5.60. The van der Waals surface area contributed by atoms with Crippen LogP contribution in [0.3, 0.4) is 0 Å². The number of carbonyl (C=O) groups is 1. The van der Waals surface area contributed by atoms with Crippen LogP contribution >= 0.6 is 12.2 Å². The third kappa shape index (κ3) is 5.49. The van der Waals surface area contributed by atoms with Crippen LogP contribution in [0.1, 0.15) is 20.8 Å². The first-order chi connectivity index (χ1) is 13.6. The average Bonchev–Trinajstić information content (AvgIpc) is 2.90. The van der Waals surface area contributed by atoms with Crippen molar-refractivity contribution in [2.45, 2.75) is 33.0 Å². The number of quaternary nitrogens is 2. The van der Waals surface area contributed by atoms with Crippen molar-refractivity contribution in [3.8, 4) is 11.4 Å². The maximum Gasteiger partial charge on any atom is 0.275 e. The molecule has 1 aromatic carbocycles. The molecule has 7 nitrogen and oxygen atoms in total. The van der Waals surface area contributed by atoms with Gasteiger partial charge in [-0.2, -0.15) is 4.68 Å². The van der Waals surface area contributed by atoms with Crippen LogP contribution in [0.5, 0.6) is 0 Å². The molecular formula is C20H31FN6OS+2. The topological polar surface area (TPSA) is 60.7 Å². The van der Waals surface area contributed by atoms with E-state index in [-0.39, 0.29) is 17.3 Å². The number of nitrogens with one attached hydrogen (secondary N) is 3. The highest BCUT2D eigenvalue weighted by Crippen LogP contribution is 2.20. The predicted molar refractivity (Wildman–Crippen MR) is 112 cm³/mol. The second-order valence-corrected chi connectivity index (χ2v) is 9.14. The Morgan fingerprint density at radius 1 is 1.21 bits per heavy atom. The van der Waals surface area contributed by atoms with Gasteiger partial charge in [-0.1, -0.05) is 12.1 Å². The summed E-state index contributed by atoms with van der Waals surface area (Å²) in [6.07, 6.45) is 0. The molecule has 1 saturated heterocycles.